The minimum Gasteiger partial charge on any atom is -0.390 e. The van der Waals surface area contributed by atoms with Crippen LogP contribution in [-0.2, 0) is 4.74 Å². The van der Waals surface area contributed by atoms with Crippen LogP contribution in [0.4, 0.5) is 0 Å². The molecule has 1 aromatic rings. The molecule has 0 aromatic carbocycles. The Balaban J connectivity index is 2.20. The molecule has 0 spiro atoms. The summed E-state index contributed by atoms with van der Waals surface area (Å²) < 4.78 is 5.08. The minimum atomic E-state index is -0.455. The van der Waals surface area contributed by atoms with Crippen LogP contribution in [0.15, 0.2) is 23.6 Å². The van der Waals surface area contributed by atoms with Crippen molar-refractivity contribution in [2.75, 3.05) is 19.0 Å². The van der Waals surface area contributed by atoms with E-state index in [1.807, 2.05) is 6.92 Å². The van der Waals surface area contributed by atoms with Crippen LogP contribution < -0.4 is 0 Å². The lowest BCUT2D eigenvalue weighted by Gasteiger charge is -2.08. The lowest BCUT2D eigenvalue weighted by atomic mass is 10.4. The standard InChI is InChI=1S/C9H14N2O2S/c1-2-13-6-8(12)7-14-9-10-4-3-5-11-9/h3-5,8,12H,2,6-7H2,1H3/t8-/m0/s1. The summed E-state index contributed by atoms with van der Waals surface area (Å²) in [4.78, 5) is 8.06. The van der Waals surface area contributed by atoms with E-state index in [4.69, 9.17) is 4.74 Å². The summed E-state index contributed by atoms with van der Waals surface area (Å²) in [5, 5.41) is 10.1. The van der Waals surface area contributed by atoms with Gasteiger partial charge in [0.2, 0.25) is 0 Å². The Morgan fingerprint density at radius 1 is 1.50 bits per heavy atom. The molecule has 0 fully saturated rings. The van der Waals surface area contributed by atoms with E-state index in [-0.39, 0.29) is 0 Å². The van der Waals surface area contributed by atoms with Crippen LogP contribution in [0.5, 0.6) is 0 Å². The fourth-order valence-corrected chi connectivity index (χ4v) is 1.54. The van der Waals surface area contributed by atoms with E-state index in [1.54, 1.807) is 18.5 Å². The van der Waals surface area contributed by atoms with E-state index < -0.39 is 6.10 Å². The van der Waals surface area contributed by atoms with Gasteiger partial charge in [0.1, 0.15) is 0 Å². The molecule has 1 N–H and O–H groups in total. The van der Waals surface area contributed by atoms with Gasteiger partial charge in [0.25, 0.3) is 0 Å². The van der Waals surface area contributed by atoms with Crippen molar-refractivity contribution in [1.29, 1.82) is 0 Å². The first-order valence-electron chi connectivity index (χ1n) is 4.48. The molecular weight excluding hydrogens is 200 g/mol. The first kappa shape index (κ1) is 11.4. The number of ether oxygens (including phenoxy) is 1. The molecule has 0 saturated heterocycles. The van der Waals surface area contributed by atoms with Gasteiger partial charge in [-0.05, 0) is 13.0 Å². The molecule has 0 saturated carbocycles. The van der Waals surface area contributed by atoms with Crippen molar-refractivity contribution in [2.24, 2.45) is 0 Å². The highest BCUT2D eigenvalue weighted by atomic mass is 32.2. The Labute approximate surface area is 87.7 Å². The van der Waals surface area contributed by atoms with Crippen molar-refractivity contribution in [2.45, 2.75) is 18.2 Å². The van der Waals surface area contributed by atoms with E-state index in [2.05, 4.69) is 9.97 Å². The van der Waals surface area contributed by atoms with E-state index in [0.29, 0.717) is 24.1 Å². The highest BCUT2D eigenvalue weighted by Crippen LogP contribution is 2.12. The van der Waals surface area contributed by atoms with Crippen LogP contribution in [0.3, 0.4) is 0 Å². The molecule has 0 amide bonds. The van der Waals surface area contributed by atoms with E-state index in [9.17, 15) is 5.11 Å². The number of rotatable bonds is 6. The van der Waals surface area contributed by atoms with Crippen LogP contribution in [0, 0.1) is 0 Å². The monoisotopic (exact) mass is 214 g/mol. The maximum absolute atomic E-state index is 9.44. The SMILES string of the molecule is CCOC[C@H](O)CSc1ncccn1. The second kappa shape index (κ2) is 6.75. The average Bonchev–Trinajstić information content (AvgIpc) is 2.25. The number of aliphatic hydroxyl groups is 1. The molecule has 0 aliphatic heterocycles. The molecule has 0 aliphatic rings. The van der Waals surface area contributed by atoms with Gasteiger partial charge in [0.05, 0.1) is 12.7 Å². The van der Waals surface area contributed by atoms with Gasteiger partial charge in [0.15, 0.2) is 5.16 Å². The van der Waals surface area contributed by atoms with Crippen molar-refractivity contribution in [3.05, 3.63) is 18.5 Å². The van der Waals surface area contributed by atoms with Crippen molar-refractivity contribution in [3.63, 3.8) is 0 Å². The minimum absolute atomic E-state index is 0.371. The Morgan fingerprint density at radius 3 is 2.86 bits per heavy atom. The summed E-state index contributed by atoms with van der Waals surface area (Å²) in [5.74, 6) is 0.560. The number of hydrogen-bond acceptors (Lipinski definition) is 5. The first-order chi connectivity index (χ1) is 6.83. The van der Waals surface area contributed by atoms with Gasteiger partial charge in [-0.25, -0.2) is 9.97 Å². The molecule has 1 heterocycles. The van der Waals surface area contributed by atoms with Crippen LogP contribution in [0.25, 0.3) is 0 Å². The second-order valence-corrected chi connectivity index (χ2v) is 3.64. The highest BCUT2D eigenvalue weighted by Gasteiger charge is 2.05. The molecule has 14 heavy (non-hydrogen) atoms. The summed E-state index contributed by atoms with van der Waals surface area (Å²) in [6.07, 6.45) is 2.91. The van der Waals surface area contributed by atoms with Gasteiger partial charge in [-0.2, -0.15) is 0 Å². The fourth-order valence-electron chi connectivity index (χ4n) is 0.833. The molecule has 78 valence electrons. The Kier molecular flexibility index (Phi) is 5.51. The van der Waals surface area contributed by atoms with E-state index in [1.165, 1.54) is 11.8 Å². The van der Waals surface area contributed by atoms with Crippen LogP contribution in [0.1, 0.15) is 6.92 Å². The summed E-state index contributed by atoms with van der Waals surface area (Å²) in [7, 11) is 0. The molecular formula is C9H14N2O2S. The van der Waals surface area contributed by atoms with Crippen molar-refractivity contribution >= 4 is 11.8 Å². The summed E-state index contributed by atoms with van der Waals surface area (Å²) >= 11 is 1.43. The van der Waals surface area contributed by atoms with Crippen molar-refractivity contribution in [1.82, 2.24) is 9.97 Å². The number of aliphatic hydroxyl groups excluding tert-OH is 1. The largest absolute Gasteiger partial charge is 0.390 e. The average molecular weight is 214 g/mol. The topological polar surface area (TPSA) is 55.2 Å². The summed E-state index contributed by atoms with van der Waals surface area (Å²) in [6, 6.07) is 1.76. The molecule has 0 unspecified atom stereocenters. The molecule has 0 bridgehead atoms. The number of nitrogens with zero attached hydrogens (tertiary/aromatic N) is 2. The molecule has 1 rings (SSSR count). The lowest BCUT2D eigenvalue weighted by Crippen LogP contribution is -2.18. The third-order valence-electron chi connectivity index (χ3n) is 1.46. The summed E-state index contributed by atoms with van der Waals surface area (Å²) in [6.45, 7) is 2.90. The molecule has 1 aromatic heterocycles. The maximum Gasteiger partial charge on any atom is 0.187 e. The Morgan fingerprint density at radius 2 is 2.21 bits per heavy atom. The summed E-state index contributed by atoms with van der Waals surface area (Å²) in [5.41, 5.74) is 0. The lowest BCUT2D eigenvalue weighted by molar-refractivity contribution is 0.0551. The zero-order valence-electron chi connectivity index (χ0n) is 8.09. The predicted molar refractivity (Wildman–Crippen MR) is 55.3 cm³/mol. The Hall–Kier alpha value is -0.650. The van der Waals surface area contributed by atoms with Crippen LogP contribution in [0.2, 0.25) is 0 Å². The Bertz CT molecular complexity index is 246. The normalized spacial score (nSPS) is 12.7. The molecule has 0 radical (unpaired) electrons. The van der Waals surface area contributed by atoms with E-state index in [0.717, 1.165) is 0 Å². The van der Waals surface area contributed by atoms with Crippen LogP contribution >= 0.6 is 11.8 Å². The number of aromatic nitrogens is 2. The van der Waals surface area contributed by atoms with Gasteiger partial charge in [-0.1, -0.05) is 11.8 Å². The number of thioether (sulfide) groups is 1. The molecule has 5 heteroatoms. The molecule has 4 nitrogen and oxygen atoms in total. The molecule has 0 aliphatic carbocycles. The van der Waals surface area contributed by atoms with Crippen molar-refractivity contribution < 1.29 is 9.84 Å². The van der Waals surface area contributed by atoms with E-state index >= 15 is 0 Å². The fraction of sp³-hybridized carbons (Fsp3) is 0.556. The van der Waals surface area contributed by atoms with Crippen LogP contribution in [-0.4, -0.2) is 40.1 Å². The zero-order chi connectivity index (χ0) is 10.2. The zero-order valence-corrected chi connectivity index (χ0v) is 8.91. The smallest absolute Gasteiger partial charge is 0.187 e. The van der Waals surface area contributed by atoms with Gasteiger partial charge < -0.3 is 9.84 Å². The van der Waals surface area contributed by atoms with Gasteiger partial charge >= 0.3 is 0 Å². The van der Waals surface area contributed by atoms with Gasteiger partial charge in [-0.15, -0.1) is 0 Å². The molecule has 1 atom stereocenters. The third-order valence-corrected chi connectivity index (χ3v) is 2.48. The third kappa shape index (κ3) is 4.55. The van der Waals surface area contributed by atoms with Gasteiger partial charge in [-0.3, -0.25) is 0 Å². The second-order valence-electron chi connectivity index (χ2n) is 2.66. The van der Waals surface area contributed by atoms with Crippen molar-refractivity contribution in [3.8, 4) is 0 Å². The quantitative estimate of drug-likeness (QED) is 0.565. The predicted octanol–water partition coefficient (Wildman–Crippen LogP) is 0.966. The first-order valence-corrected chi connectivity index (χ1v) is 5.47. The number of hydrogen-bond donors (Lipinski definition) is 1. The highest BCUT2D eigenvalue weighted by molar-refractivity contribution is 7.99. The van der Waals surface area contributed by atoms with Gasteiger partial charge in [0, 0.05) is 24.8 Å². The maximum atomic E-state index is 9.44.